The van der Waals surface area contributed by atoms with Crippen LogP contribution in [0.2, 0.25) is 0 Å². The summed E-state index contributed by atoms with van der Waals surface area (Å²) in [6.45, 7) is 4.79. The number of methoxy groups -OCH3 is 1. The molecule has 0 saturated carbocycles. The number of benzene rings is 1. The predicted octanol–water partition coefficient (Wildman–Crippen LogP) is 3.67. The molecule has 0 aliphatic rings. The van der Waals surface area contributed by atoms with Crippen molar-refractivity contribution in [1.82, 2.24) is 4.57 Å². The molecule has 2 aromatic rings. The summed E-state index contributed by atoms with van der Waals surface area (Å²) in [6, 6.07) is 9.85. The summed E-state index contributed by atoms with van der Waals surface area (Å²) in [4.78, 5) is 12.5. The second-order valence-corrected chi connectivity index (χ2v) is 5.38. The van der Waals surface area contributed by atoms with Crippen molar-refractivity contribution in [3.8, 4) is 17.0 Å². The highest BCUT2D eigenvalue weighted by Crippen LogP contribution is 2.30. The zero-order valence-electron chi connectivity index (χ0n) is 12.7. The smallest absolute Gasteiger partial charge is 0.255 e. The minimum atomic E-state index is 0.0351. The van der Waals surface area contributed by atoms with Gasteiger partial charge < -0.3 is 9.30 Å². The first-order valence-corrected chi connectivity index (χ1v) is 7.74. The average Bonchev–Trinajstić information content (AvgIpc) is 2.49. The number of thiol groups is 1. The van der Waals surface area contributed by atoms with Crippen molar-refractivity contribution in [2.45, 2.75) is 32.6 Å². The summed E-state index contributed by atoms with van der Waals surface area (Å²) in [5.41, 5.74) is 3.75. The number of ether oxygens (including phenoxy) is 1. The average molecular weight is 303 g/mol. The van der Waals surface area contributed by atoms with Gasteiger partial charge >= 0.3 is 0 Å². The normalized spacial score (nSPS) is 10.7. The van der Waals surface area contributed by atoms with Gasteiger partial charge in [0.2, 0.25) is 0 Å². The Kier molecular flexibility index (Phi) is 5.12. The summed E-state index contributed by atoms with van der Waals surface area (Å²) in [5, 5.41) is 0. The molecular weight excluding hydrogens is 282 g/mol. The molecule has 0 aliphatic heterocycles. The topological polar surface area (TPSA) is 31.2 Å². The van der Waals surface area contributed by atoms with Crippen LogP contribution < -0.4 is 10.3 Å². The largest absolute Gasteiger partial charge is 0.496 e. The molecule has 112 valence electrons. The molecule has 1 aromatic heterocycles. The SMILES string of the molecule is CCCn1c(-c2cc(C)ccc2OC)ccc(CS)c1=O. The lowest BCUT2D eigenvalue weighted by Crippen LogP contribution is -2.24. The molecule has 0 amide bonds. The van der Waals surface area contributed by atoms with Crippen LogP contribution in [-0.4, -0.2) is 11.7 Å². The molecule has 0 fully saturated rings. The van der Waals surface area contributed by atoms with Crippen molar-refractivity contribution in [3.63, 3.8) is 0 Å². The highest BCUT2D eigenvalue weighted by molar-refractivity contribution is 7.79. The van der Waals surface area contributed by atoms with Crippen LogP contribution in [0.4, 0.5) is 0 Å². The first-order valence-electron chi connectivity index (χ1n) is 7.11. The minimum Gasteiger partial charge on any atom is -0.496 e. The van der Waals surface area contributed by atoms with Gasteiger partial charge in [-0.25, -0.2) is 0 Å². The maximum Gasteiger partial charge on any atom is 0.255 e. The van der Waals surface area contributed by atoms with E-state index >= 15 is 0 Å². The predicted molar refractivity (Wildman–Crippen MR) is 90.4 cm³/mol. The van der Waals surface area contributed by atoms with Crippen LogP contribution in [0.1, 0.15) is 24.5 Å². The first-order chi connectivity index (χ1) is 10.1. The number of pyridine rings is 1. The lowest BCUT2D eigenvalue weighted by molar-refractivity contribution is 0.416. The molecular formula is C17H21NO2S. The molecule has 0 N–H and O–H groups in total. The van der Waals surface area contributed by atoms with E-state index in [-0.39, 0.29) is 5.56 Å². The Morgan fingerprint density at radius 3 is 2.62 bits per heavy atom. The summed E-state index contributed by atoms with van der Waals surface area (Å²) in [7, 11) is 1.65. The summed E-state index contributed by atoms with van der Waals surface area (Å²) in [6.07, 6.45) is 0.900. The molecule has 3 nitrogen and oxygen atoms in total. The zero-order chi connectivity index (χ0) is 15.4. The summed E-state index contributed by atoms with van der Waals surface area (Å²) >= 11 is 4.23. The fraction of sp³-hybridized carbons (Fsp3) is 0.353. The van der Waals surface area contributed by atoms with Gasteiger partial charge in [-0.3, -0.25) is 4.79 Å². The Morgan fingerprint density at radius 2 is 2.00 bits per heavy atom. The fourth-order valence-electron chi connectivity index (χ4n) is 2.45. The van der Waals surface area contributed by atoms with E-state index < -0.39 is 0 Å². The van der Waals surface area contributed by atoms with Crippen LogP contribution in [-0.2, 0) is 12.3 Å². The third-order valence-electron chi connectivity index (χ3n) is 3.50. The first kappa shape index (κ1) is 15.7. The van der Waals surface area contributed by atoms with Gasteiger partial charge in [0.15, 0.2) is 0 Å². The molecule has 0 spiro atoms. The fourth-order valence-corrected chi connectivity index (χ4v) is 2.69. The number of hydrogen-bond donors (Lipinski definition) is 1. The van der Waals surface area contributed by atoms with Gasteiger partial charge in [-0.15, -0.1) is 0 Å². The lowest BCUT2D eigenvalue weighted by Gasteiger charge is -2.16. The van der Waals surface area contributed by atoms with Crippen molar-refractivity contribution in [2.24, 2.45) is 0 Å². The van der Waals surface area contributed by atoms with E-state index in [9.17, 15) is 4.79 Å². The third-order valence-corrected chi connectivity index (χ3v) is 3.84. The van der Waals surface area contributed by atoms with Crippen LogP contribution in [0.5, 0.6) is 5.75 Å². The molecule has 0 unspecified atom stereocenters. The number of aromatic nitrogens is 1. The van der Waals surface area contributed by atoms with Crippen LogP contribution in [0.25, 0.3) is 11.3 Å². The maximum atomic E-state index is 12.5. The number of hydrogen-bond acceptors (Lipinski definition) is 3. The lowest BCUT2D eigenvalue weighted by atomic mass is 10.1. The van der Waals surface area contributed by atoms with Gasteiger partial charge in [0, 0.05) is 23.4 Å². The minimum absolute atomic E-state index is 0.0351. The molecule has 1 aromatic carbocycles. The van der Waals surface area contributed by atoms with E-state index in [4.69, 9.17) is 4.74 Å². The van der Waals surface area contributed by atoms with Crippen LogP contribution in [0, 0.1) is 6.92 Å². The number of aryl methyl sites for hydroxylation is 1. The number of rotatable bonds is 5. The van der Waals surface area contributed by atoms with Gasteiger partial charge in [-0.05, 0) is 31.5 Å². The van der Waals surface area contributed by atoms with Gasteiger partial charge in [0.1, 0.15) is 5.75 Å². The Hall–Kier alpha value is -1.68. The van der Waals surface area contributed by atoms with E-state index in [1.165, 1.54) is 0 Å². The van der Waals surface area contributed by atoms with Gasteiger partial charge in [-0.1, -0.05) is 24.6 Å². The van der Waals surface area contributed by atoms with E-state index in [0.29, 0.717) is 12.3 Å². The molecule has 0 aliphatic carbocycles. The van der Waals surface area contributed by atoms with Crippen LogP contribution in [0.3, 0.4) is 0 Å². The molecule has 0 atom stereocenters. The Bertz CT molecular complexity index is 692. The molecule has 0 bridgehead atoms. The zero-order valence-corrected chi connectivity index (χ0v) is 13.6. The van der Waals surface area contributed by atoms with Crippen molar-refractivity contribution in [1.29, 1.82) is 0 Å². The van der Waals surface area contributed by atoms with Crippen LogP contribution in [0.15, 0.2) is 35.1 Å². The quantitative estimate of drug-likeness (QED) is 0.855. The van der Waals surface area contributed by atoms with Crippen LogP contribution >= 0.6 is 12.6 Å². The Balaban J connectivity index is 2.71. The van der Waals surface area contributed by atoms with Gasteiger partial charge in [-0.2, -0.15) is 12.6 Å². The highest BCUT2D eigenvalue weighted by Gasteiger charge is 2.13. The number of nitrogens with zero attached hydrogens (tertiary/aromatic N) is 1. The highest BCUT2D eigenvalue weighted by atomic mass is 32.1. The van der Waals surface area contributed by atoms with Crippen molar-refractivity contribution >= 4 is 12.6 Å². The van der Waals surface area contributed by atoms with E-state index in [1.807, 2.05) is 35.8 Å². The van der Waals surface area contributed by atoms with Crippen molar-refractivity contribution in [2.75, 3.05) is 7.11 Å². The van der Waals surface area contributed by atoms with E-state index in [2.05, 4.69) is 25.6 Å². The standard InChI is InChI=1S/C17H21NO2S/c1-4-9-18-15(7-6-13(11-21)17(18)19)14-10-12(2)5-8-16(14)20-3/h5-8,10,21H,4,9,11H2,1-3H3. The molecule has 2 rings (SSSR count). The van der Waals surface area contributed by atoms with Crippen molar-refractivity contribution in [3.05, 3.63) is 51.8 Å². The molecule has 0 saturated heterocycles. The van der Waals surface area contributed by atoms with E-state index in [0.717, 1.165) is 34.6 Å². The monoisotopic (exact) mass is 303 g/mol. The molecule has 1 heterocycles. The second kappa shape index (κ2) is 6.85. The Labute approximate surface area is 131 Å². The van der Waals surface area contributed by atoms with E-state index in [1.54, 1.807) is 7.11 Å². The molecule has 21 heavy (non-hydrogen) atoms. The Morgan fingerprint density at radius 1 is 1.24 bits per heavy atom. The third kappa shape index (κ3) is 3.16. The molecule has 0 radical (unpaired) electrons. The van der Waals surface area contributed by atoms with Gasteiger partial charge in [0.05, 0.1) is 12.8 Å². The molecule has 4 heteroatoms. The summed E-state index contributed by atoms with van der Waals surface area (Å²) in [5.74, 6) is 1.23. The maximum absolute atomic E-state index is 12.5. The van der Waals surface area contributed by atoms with Crippen molar-refractivity contribution < 1.29 is 4.74 Å². The second-order valence-electron chi connectivity index (χ2n) is 5.06. The van der Waals surface area contributed by atoms with Gasteiger partial charge in [0.25, 0.3) is 5.56 Å². The summed E-state index contributed by atoms with van der Waals surface area (Å²) < 4.78 is 7.28.